The van der Waals surface area contributed by atoms with Gasteiger partial charge in [-0.1, -0.05) is 0 Å². The largest absolute Gasteiger partial charge is 0.356 e. The molecule has 2 heterocycles. The Morgan fingerprint density at radius 1 is 1.53 bits per heavy atom. The zero-order valence-corrected chi connectivity index (χ0v) is 10.2. The fourth-order valence-electron chi connectivity index (χ4n) is 1.46. The Morgan fingerprint density at radius 3 is 2.94 bits per heavy atom. The smallest absolute Gasteiger partial charge is 0.242 e. The first-order valence-corrected chi connectivity index (χ1v) is 6.66. The minimum Gasteiger partial charge on any atom is -0.356 e. The van der Waals surface area contributed by atoms with Gasteiger partial charge < -0.3 is 9.55 Å². The Bertz CT molecular complexity index is 571. The summed E-state index contributed by atoms with van der Waals surface area (Å²) in [5.74, 6) is 0.765. The van der Waals surface area contributed by atoms with E-state index in [9.17, 15) is 8.42 Å². The standard InChI is InChI=1S/C10H14N4O2S/c1-14-7-3-9(8-14)17(15,16)13-4-2-10-11-5-6-12-10/h3,5-8,13H,2,4H2,1H3,(H,11,12). The highest BCUT2D eigenvalue weighted by Crippen LogP contribution is 2.07. The highest BCUT2D eigenvalue weighted by atomic mass is 32.2. The SMILES string of the molecule is Cn1ccc(S(=O)(=O)NCCc2ncc[nH]2)c1. The van der Waals surface area contributed by atoms with Crippen molar-refractivity contribution in [2.75, 3.05) is 6.54 Å². The van der Waals surface area contributed by atoms with Gasteiger partial charge in [-0.3, -0.25) is 0 Å². The van der Waals surface area contributed by atoms with Crippen LogP contribution in [0.3, 0.4) is 0 Å². The van der Waals surface area contributed by atoms with Gasteiger partial charge in [-0.15, -0.1) is 0 Å². The average Bonchev–Trinajstić information content (AvgIpc) is 2.89. The summed E-state index contributed by atoms with van der Waals surface area (Å²) >= 11 is 0. The van der Waals surface area contributed by atoms with Crippen molar-refractivity contribution >= 4 is 10.0 Å². The van der Waals surface area contributed by atoms with Gasteiger partial charge in [0.1, 0.15) is 5.82 Å². The average molecular weight is 254 g/mol. The number of aryl methyl sites for hydroxylation is 1. The molecule has 0 saturated carbocycles. The molecule has 0 aliphatic carbocycles. The number of imidazole rings is 1. The molecule has 2 aromatic heterocycles. The number of aromatic nitrogens is 3. The number of H-pyrrole nitrogens is 1. The third kappa shape index (κ3) is 2.95. The zero-order chi connectivity index (χ0) is 12.3. The van der Waals surface area contributed by atoms with Crippen LogP contribution in [0, 0.1) is 0 Å². The molecule has 92 valence electrons. The lowest BCUT2D eigenvalue weighted by molar-refractivity contribution is 0.581. The minimum atomic E-state index is -3.41. The van der Waals surface area contributed by atoms with Crippen molar-refractivity contribution in [1.82, 2.24) is 19.3 Å². The summed E-state index contributed by atoms with van der Waals surface area (Å²) in [5, 5.41) is 0. The quantitative estimate of drug-likeness (QED) is 0.803. The number of nitrogens with one attached hydrogen (secondary N) is 2. The first-order chi connectivity index (χ1) is 8.08. The van der Waals surface area contributed by atoms with E-state index in [0.29, 0.717) is 13.0 Å². The molecule has 2 aromatic rings. The van der Waals surface area contributed by atoms with E-state index in [1.807, 2.05) is 0 Å². The van der Waals surface area contributed by atoms with E-state index >= 15 is 0 Å². The first kappa shape index (κ1) is 11.9. The van der Waals surface area contributed by atoms with Crippen molar-refractivity contribution in [3.05, 3.63) is 36.7 Å². The fraction of sp³-hybridized carbons (Fsp3) is 0.300. The van der Waals surface area contributed by atoms with Crippen LogP contribution in [0.15, 0.2) is 35.7 Å². The summed E-state index contributed by atoms with van der Waals surface area (Å²) in [6, 6.07) is 1.56. The maximum Gasteiger partial charge on any atom is 0.242 e. The first-order valence-electron chi connectivity index (χ1n) is 5.18. The lowest BCUT2D eigenvalue weighted by atomic mass is 10.4. The van der Waals surface area contributed by atoms with Crippen LogP contribution < -0.4 is 4.72 Å². The summed E-state index contributed by atoms with van der Waals surface area (Å²) < 4.78 is 27.9. The normalized spacial score (nSPS) is 11.8. The van der Waals surface area contributed by atoms with Gasteiger partial charge in [-0.05, 0) is 6.07 Å². The Morgan fingerprint density at radius 2 is 2.35 bits per heavy atom. The highest BCUT2D eigenvalue weighted by Gasteiger charge is 2.14. The van der Waals surface area contributed by atoms with Crippen molar-refractivity contribution in [1.29, 1.82) is 0 Å². The molecule has 0 bridgehead atoms. The zero-order valence-electron chi connectivity index (χ0n) is 9.42. The molecule has 0 aliphatic rings. The van der Waals surface area contributed by atoms with Crippen molar-refractivity contribution in [2.45, 2.75) is 11.3 Å². The van der Waals surface area contributed by atoms with Crippen molar-refractivity contribution in [3.8, 4) is 0 Å². The van der Waals surface area contributed by atoms with Gasteiger partial charge >= 0.3 is 0 Å². The van der Waals surface area contributed by atoms with Crippen LogP contribution in [0.2, 0.25) is 0 Å². The Kier molecular flexibility index (Phi) is 3.30. The van der Waals surface area contributed by atoms with Gasteiger partial charge in [0, 0.05) is 44.8 Å². The lowest BCUT2D eigenvalue weighted by Crippen LogP contribution is -2.25. The molecule has 0 fully saturated rings. The molecule has 0 radical (unpaired) electrons. The molecular weight excluding hydrogens is 240 g/mol. The van der Waals surface area contributed by atoms with Gasteiger partial charge in [-0.25, -0.2) is 18.1 Å². The molecule has 7 heteroatoms. The summed E-state index contributed by atoms with van der Waals surface area (Å²) in [7, 11) is -1.63. The van der Waals surface area contributed by atoms with E-state index in [0.717, 1.165) is 5.82 Å². The van der Waals surface area contributed by atoms with Crippen molar-refractivity contribution in [3.63, 3.8) is 0 Å². The van der Waals surface area contributed by atoms with Crippen LogP contribution >= 0.6 is 0 Å². The number of aromatic amines is 1. The second-order valence-corrected chi connectivity index (χ2v) is 5.46. The molecule has 6 nitrogen and oxygen atoms in total. The van der Waals surface area contributed by atoms with Crippen LogP contribution in [0.25, 0.3) is 0 Å². The Labute approximate surface area is 99.7 Å². The third-order valence-electron chi connectivity index (χ3n) is 2.32. The van der Waals surface area contributed by atoms with E-state index in [-0.39, 0.29) is 4.90 Å². The van der Waals surface area contributed by atoms with E-state index in [2.05, 4.69) is 14.7 Å². The summed E-state index contributed by atoms with van der Waals surface area (Å²) in [4.78, 5) is 7.21. The lowest BCUT2D eigenvalue weighted by Gasteiger charge is -2.03. The topological polar surface area (TPSA) is 79.8 Å². The number of nitrogens with zero attached hydrogens (tertiary/aromatic N) is 2. The minimum absolute atomic E-state index is 0.277. The second kappa shape index (κ2) is 4.72. The van der Waals surface area contributed by atoms with Crippen molar-refractivity contribution < 1.29 is 8.42 Å². The van der Waals surface area contributed by atoms with E-state index in [4.69, 9.17) is 0 Å². The summed E-state index contributed by atoms with van der Waals surface area (Å²) in [5.41, 5.74) is 0. The predicted molar refractivity (Wildman–Crippen MR) is 62.9 cm³/mol. The number of hydrogen-bond acceptors (Lipinski definition) is 3. The summed E-state index contributed by atoms with van der Waals surface area (Å²) in [6.45, 7) is 0.324. The molecule has 2 N–H and O–H groups in total. The number of rotatable bonds is 5. The fourth-order valence-corrected chi connectivity index (χ4v) is 2.54. The van der Waals surface area contributed by atoms with Crippen LogP contribution in [-0.2, 0) is 23.5 Å². The molecule has 0 atom stereocenters. The maximum atomic E-state index is 11.8. The van der Waals surface area contributed by atoms with Gasteiger partial charge in [0.2, 0.25) is 10.0 Å². The molecule has 2 rings (SSSR count). The predicted octanol–water partition coefficient (Wildman–Crippen LogP) is 0.269. The molecule has 0 amide bonds. The monoisotopic (exact) mass is 254 g/mol. The summed E-state index contributed by atoms with van der Waals surface area (Å²) in [6.07, 6.45) is 7.15. The van der Waals surface area contributed by atoms with E-state index in [1.165, 1.54) is 0 Å². The van der Waals surface area contributed by atoms with Gasteiger partial charge in [-0.2, -0.15) is 0 Å². The maximum absolute atomic E-state index is 11.8. The van der Waals surface area contributed by atoms with Crippen molar-refractivity contribution in [2.24, 2.45) is 7.05 Å². The highest BCUT2D eigenvalue weighted by molar-refractivity contribution is 7.89. The van der Waals surface area contributed by atoms with Crippen LogP contribution in [0.4, 0.5) is 0 Å². The molecule has 0 unspecified atom stereocenters. The van der Waals surface area contributed by atoms with Gasteiger partial charge in [0.05, 0.1) is 4.90 Å². The van der Waals surface area contributed by atoms with Gasteiger partial charge in [0.25, 0.3) is 0 Å². The second-order valence-electron chi connectivity index (χ2n) is 3.70. The number of hydrogen-bond donors (Lipinski definition) is 2. The Balaban J connectivity index is 1.94. The number of sulfonamides is 1. The molecule has 17 heavy (non-hydrogen) atoms. The molecule has 0 spiro atoms. The molecule has 0 aliphatic heterocycles. The third-order valence-corrected chi connectivity index (χ3v) is 3.77. The van der Waals surface area contributed by atoms with E-state index in [1.54, 1.807) is 42.5 Å². The van der Waals surface area contributed by atoms with Gasteiger partial charge in [0.15, 0.2) is 0 Å². The van der Waals surface area contributed by atoms with Crippen LogP contribution in [0.5, 0.6) is 0 Å². The van der Waals surface area contributed by atoms with Crippen LogP contribution in [-0.4, -0.2) is 29.5 Å². The molecular formula is C10H14N4O2S. The molecule has 0 aromatic carbocycles. The molecule has 0 saturated heterocycles. The van der Waals surface area contributed by atoms with E-state index < -0.39 is 10.0 Å². The Hall–Kier alpha value is -1.60. The van der Waals surface area contributed by atoms with Crippen LogP contribution in [0.1, 0.15) is 5.82 Å².